The molecule has 2 aromatic carbocycles. The zero-order valence-corrected chi connectivity index (χ0v) is 22.7. The Morgan fingerprint density at radius 2 is 1.84 bits per heavy atom. The third kappa shape index (κ3) is 4.26. The summed E-state index contributed by atoms with van der Waals surface area (Å²) in [6, 6.07) is 17.9. The molecule has 9 nitrogen and oxygen atoms in total. The Bertz CT molecular complexity index is 1580. The van der Waals surface area contributed by atoms with Crippen LogP contribution in [0.25, 0.3) is 28.2 Å². The second kappa shape index (κ2) is 9.72. The van der Waals surface area contributed by atoms with Crippen molar-refractivity contribution in [3.05, 3.63) is 66.1 Å². The minimum absolute atomic E-state index is 0.0490. The van der Waals surface area contributed by atoms with Gasteiger partial charge in [0.25, 0.3) is 0 Å². The second-order valence-electron chi connectivity index (χ2n) is 10.5. The van der Waals surface area contributed by atoms with Crippen molar-refractivity contribution in [3.8, 4) is 11.5 Å². The van der Waals surface area contributed by atoms with Gasteiger partial charge >= 0.3 is 0 Å². The summed E-state index contributed by atoms with van der Waals surface area (Å²) in [6.07, 6.45) is 2.00. The highest BCUT2D eigenvalue weighted by Gasteiger charge is 2.24. The maximum Gasteiger partial charge on any atom is 0.203 e. The molecule has 9 heteroatoms. The molecule has 1 aliphatic rings. The Morgan fingerprint density at radius 1 is 1.03 bits per heavy atom. The normalized spacial score (nSPS) is 17.0. The molecule has 6 rings (SSSR count). The average molecular weight is 510 g/mol. The molecule has 0 saturated carbocycles. The predicted molar refractivity (Wildman–Crippen MR) is 153 cm³/mol. The van der Waals surface area contributed by atoms with Gasteiger partial charge in [-0.1, -0.05) is 30.3 Å². The van der Waals surface area contributed by atoms with Crippen LogP contribution in [0.1, 0.15) is 45.1 Å². The van der Waals surface area contributed by atoms with Crippen LogP contribution < -0.4 is 15.5 Å². The van der Waals surface area contributed by atoms with Gasteiger partial charge in [-0.25, -0.2) is 9.97 Å². The molecule has 0 radical (unpaired) electrons. The van der Waals surface area contributed by atoms with Crippen LogP contribution in [0, 0.1) is 6.92 Å². The van der Waals surface area contributed by atoms with E-state index in [0.717, 1.165) is 48.0 Å². The maximum absolute atomic E-state index is 5.16. The molecule has 4 heterocycles. The van der Waals surface area contributed by atoms with Crippen LogP contribution in [0.15, 0.2) is 54.7 Å². The van der Waals surface area contributed by atoms with E-state index in [1.54, 1.807) is 0 Å². The van der Waals surface area contributed by atoms with Gasteiger partial charge < -0.3 is 20.1 Å². The maximum atomic E-state index is 5.16. The number of benzene rings is 2. The van der Waals surface area contributed by atoms with Gasteiger partial charge in [-0.15, -0.1) is 10.2 Å². The minimum atomic E-state index is 0.0490. The van der Waals surface area contributed by atoms with Crippen LogP contribution in [0.4, 0.5) is 11.5 Å². The summed E-state index contributed by atoms with van der Waals surface area (Å²) >= 11 is 0. The monoisotopic (exact) mass is 509 g/mol. The van der Waals surface area contributed by atoms with Gasteiger partial charge in [0, 0.05) is 43.6 Å². The molecule has 38 heavy (non-hydrogen) atoms. The lowest BCUT2D eigenvalue weighted by atomic mass is 10.1. The van der Waals surface area contributed by atoms with Gasteiger partial charge in [-0.05, 0) is 58.4 Å². The Labute approximate surface area is 222 Å². The van der Waals surface area contributed by atoms with E-state index in [1.165, 1.54) is 11.3 Å². The fraction of sp³-hybridized carbons (Fsp3) is 0.379. The van der Waals surface area contributed by atoms with Crippen molar-refractivity contribution in [1.29, 1.82) is 0 Å². The van der Waals surface area contributed by atoms with Gasteiger partial charge in [0.05, 0.1) is 17.1 Å². The molecule has 1 saturated heterocycles. The summed E-state index contributed by atoms with van der Waals surface area (Å²) in [4.78, 5) is 12.7. The molecule has 3 aromatic heterocycles. The van der Waals surface area contributed by atoms with E-state index in [-0.39, 0.29) is 12.1 Å². The van der Waals surface area contributed by atoms with E-state index in [4.69, 9.17) is 9.97 Å². The van der Waals surface area contributed by atoms with Crippen LogP contribution in [-0.2, 0) is 0 Å². The van der Waals surface area contributed by atoms with Crippen molar-refractivity contribution in [2.75, 3.05) is 29.9 Å². The Morgan fingerprint density at radius 3 is 2.61 bits per heavy atom. The molecule has 1 aliphatic heterocycles. The largest absolute Gasteiger partial charge is 0.366 e. The van der Waals surface area contributed by atoms with Gasteiger partial charge in [-0.2, -0.15) is 0 Å². The summed E-state index contributed by atoms with van der Waals surface area (Å²) in [5.74, 6) is 2.34. The smallest absolute Gasteiger partial charge is 0.203 e. The van der Waals surface area contributed by atoms with Gasteiger partial charge in [0.2, 0.25) is 5.65 Å². The lowest BCUT2D eigenvalue weighted by Crippen LogP contribution is -2.49. The summed E-state index contributed by atoms with van der Waals surface area (Å²) in [6.45, 7) is 13.6. The number of fused-ring (bicyclic) bond motifs is 2. The number of aromatic nitrogens is 6. The zero-order valence-electron chi connectivity index (χ0n) is 22.7. The average Bonchev–Trinajstić information content (AvgIpc) is 3.49. The van der Waals surface area contributed by atoms with Crippen LogP contribution in [-0.4, -0.2) is 60.9 Å². The van der Waals surface area contributed by atoms with Crippen molar-refractivity contribution in [3.63, 3.8) is 0 Å². The zero-order chi connectivity index (χ0) is 26.4. The van der Waals surface area contributed by atoms with Crippen LogP contribution in [0.3, 0.4) is 0 Å². The summed E-state index contributed by atoms with van der Waals surface area (Å²) in [5.41, 5.74) is 5.99. The molecule has 1 fully saturated rings. The topological polar surface area (TPSA) is 88.2 Å². The minimum Gasteiger partial charge on any atom is -0.366 e. The third-order valence-corrected chi connectivity index (χ3v) is 7.39. The van der Waals surface area contributed by atoms with Crippen LogP contribution in [0.2, 0.25) is 0 Å². The first-order valence-electron chi connectivity index (χ1n) is 13.4. The highest BCUT2D eigenvalue weighted by Crippen LogP contribution is 2.34. The number of aryl methyl sites for hydroxylation is 1. The molecule has 0 aliphatic carbocycles. The molecule has 2 atom stereocenters. The Balaban J connectivity index is 1.58. The molecular weight excluding hydrogens is 474 g/mol. The summed E-state index contributed by atoms with van der Waals surface area (Å²) < 4.78 is 4.33. The number of nitrogens with one attached hydrogen (secondary N) is 2. The van der Waals surface area contributed by atoms with E-state index in [9.17, 15) is 0 Å². The Hall–Kier alpha value is -3.98. The van der Waals surface area contributed by atoms with E-state index < -0.39 is 0 Å². The van der Waals surface area contributed by atoms with Crippen LogP contribution >= 0.6 is 0 Å². The lowest BCUT2D eigenvalue weighted by molar-refractivity contribution is 0.501. The van der Waals surface area contributed by atoms with Gasteiger partial charge in [0.1, 0.15) is 11.5 Å². The van der Waals surface area contributed by atoms with Crippen LogP contribution in [0.5, 0.6) is 0 Å². The summed E-state index contributed by atoms with van der Waals surface area (Å²) in [7, 11) is 0. The summed E-state index contributed by atoms with van der Waals surface area (Å²) in [5, 5.41) is 15.6. The van der Waals surface area contributed by atoms with Crippen molar-refractivity contribution in [2.24, 2.45) is 0 Å². The van der Waals surface area contributed by atoms with Crippen molar-refractivity contribution >= 4 is 28.2 Å². The van der Waals surface area contributed by atoms with Gasteiger partial charge in [0.15, 0.2) is 11.6 Å². The van der Waals surface area contributed by atoms with Crippen molar-refractivity contribution < 1.29 is 0 Å². The third-order valence-electron chi connectivity index (χ3n) is 7.39. The molecule has 5 aromatic rings. The van der Waals surface area contributed by atoms with E-state index in [0.29, 0.717) is 17.5 Å². The number of piperazine rings is 1. The number of hydrogen-bond donors (Lipinski definition) is 2. The second-order valence-corrected chi connectivity index (χ2v) is 10.5. The first kappa shape index (κ1) is 24.4. The lowest BCUT2D eigenvalue weighted by Gasteiger charge is -2.36. The quantitative estimate of drug-likeness (QED) is 0.344. The number of anilines is 2. The SMILES string of the molecule is Cc1nnc2c(NC(C)C)nc(-c3nc4ccc(N5CCNC[C@@H]5C)cc4n3[C@@H](C)c3ccccc3)cn12. The number of imidazole rings is 1. The van der Waals surface area contributed by atoms with Crippen molar-refractivity contribution in [2.45, 2.75) is 52.7 Å². The molecule has 2 N–H and O–H groups in total. The predicted octanol–water partition coefficient (Wildman–Crippen LogP) is 4.68. The fourth-order valence-electron chi connectivity index (χ4n) is 5.42. The molecule has 0 unspecified atom stereocenters. The fourth-order valence-corrected chi connectivity index (χ4v) is 5.42. The van der Waals surface area contributed by atoms with E-state index in [1.807, 2.05) is 17.5 Å². The Kier molecular flexibility index (Phi) is 6.23. The number of rotatable bonds is 6. The van der Waals surface area contributed by atoms with E-state index >= 15 is 0 Å². The first-order chi connectivity index (χ1) is 18.4. The molecule has 196 valence electrons. The first-order valence-corrected chi connectivity index (χ1v) is 13.4. The molecule has 0 spiro atoms. The highest BCUT2D eigenvalue weighted by molar-refractivity contribution is 5.84. The number of hydrogen-bond acceptors (Lipinski definition) is 7. The highest BCUT2D eigenvalue weighted by atomic mass is 15.3. The number of nitrogens with zero attached hydrogens (tertiary/aromatic N) is 7. The standard InChI is InChI=1S/C29H35N9/c1-18(2)31-27-29-35-34-21(5)37(29)17-25(32-27)28-33-24-12-11-23(36-14-13-30-16-19(36)3)15-26(24)38(28)20(4)22-9-7-6-8-10-22/h6-12,15,17-20,30H,13-14,16H2,1-5H3,(H,31,32)/t19-,20-/m0/s1. The van der Waals surface area contributed by atoms with Gasteiger partial charge in [-0.3, -0.25) is 4.40 Å². The van der Waals surface area contributed by atoms with E-state index in [2.05, 4.69) is 107 Å². The molecular formula is C29H35N9. The molecule has 0 amide bonds. The molecule has 0 bridgehead atoms. The van der Waals surface area contributed by atoms with Crippen molar-refractivity contribution in [1.82, 2.24) is 34.4 Å².